The quantitative estimate of drug-likeness (QED) is 0.389. The van der Waals surface area contributed by atoms with Crippen LogP contribution in [-0.2, 0) is 4.79 Å². The number of ether oxygens (including phenoxy) is 3. The third-order valence-corrected chi connectivity index (χ3v) is 6.82. The van der Waals surface area contributed by atoms with E-state index in [0.29, 0.717) is 68.1 Å². The minimum Gasteiger partial charge on any atom is -0.488 e. The maximum absolute atomic E-state index is 11.2. The van der Waals surface area contributed by atoms with Crippen LogP contribution in [0.5, 0.6) is 17.5 Å². The number of rotatable bonds is 10. The Labute approximate surface area is 226 Å². The smallest absolute Gasteiger partial charge is 0.306 e. The number of nitrogens with zero attached hydrogens (tertiary/aromatic N) is 6. The molecule has 1 unspecified atom stereocenters. The highest BCUT2D eigenvalue weighted by Crippen LogP contribution is 2.29. The summed E-state index contributed by atoms with van der Waals surface area (Å²) in [7, 11) is 0. The molecule has 1 aliphatic carbocycles. The fraction of sp³-hybridized carbons (Fsp3) is 0.481. The first-order valence-electron chi connectivity index (χ1n) is 13.4. The first kappa shape index (κ1) is 26.4. The highest BCUT2D eigenvalue weighted by molar-refractivity contribution is 5.70. The summed E-state index contributed by atoms with van der Waals surface area (Å²) in [5.41, 5.74) is 0. The van der Waals surface area contributed by atoms with Crippen LogP contribution in [0.15, 0.2) is 43.0 Å². The number of aliphatic carboxylic acids is 1. The molecule has 0 radical (unpaired) electrons. The number of hydrogen-bond acceptors (Lipinski definition) is 11. The van der Waals surface area contributed by atoms with E-state index in [0.717, 1.165) is 25.2 Å². The molecule has 3 aromatic rings. The van der Waals surface area contributed by atoms with E-state index >= 15 is 0 Å². The maximum Gasteiger partial charge on any atom is 0.306 e. The van der Waals surface area contributed by atoms with Crippen molar-refractivity contribution in [3.8, 4) is 17.5 Å². The molecule has 2 fully saturated rings. The molecule has 12 nitrogen and oxygen atoms in total. The monoisotopic (exact) mass is 535 g/mol. The van der Waals surface area contributed by atoms with Crippen molar-refractivity contribution in [2.45, 2.75) is 57.7 Å². The van der Waals surface area contributed by atoms with Gasteiger partial charge in [0.05, 0.1) is 31.5 Å². The van der Waals surface area contributed by atoms with Crippen LogP contribution in [0.25, 0.3) is 0 Å². The van der Waals surface area contributed by atoms with Crippen LogP contribution in [0, 0.1) is 5.92 Å². The van der Waals surface area contributed by atoms with Crippen LogP contribution in [0.1, 0.15) is 45.4 Å². The second-order valence-electron chi connectivity index (χ2n) is 9.60. The van der Waals surface area contributed by atoms with E-state index in [-0.39, 0.29) is 18.1 Å². The Hall–Kier alpha value is -4.22. The molecule has 0 bridgehead atoms. The van der Waals surface area contributed by atoms with Crippen molar-refractivity contribution in [2.24, 2.45) is 5.92 Å². The van der Waals surface area contributed by atoms with E-state index in [4.69, 9.17) is 19.2 Å². The van der Waals surface area contributed by atoms with Gasteiger partial charge in [0.15, 0.2) is 11.6 Å². The molecule has 2 aliphatic rings. The normalized spacial score (nSPS) is 21.2. The van der Waals surface area contributed by atoms with Gasteiger partial charge in [0.1, 0.15) is 18.0 Å². The van der Waals surface area contributed by atoms with Crippen molar-refractivity contribution in [1.82, 2.24) is 24.9 Å². The zero-order valence-electron chi connectivity index (χ0n) is 21.9. The molecule has 0 aromatic carbocycles. The van der Waals surface area contributed by atoms with Crippen LogP contribution < -0.4 is 24.4 Å². The Morgan fingerprint density at radius 3 is 2.74 bits per heavy atom. The van der Waals surface area contributed by atoms with Gasteiger partial charge in [0.25, 0.3) is 5.88 Å². The standard InChI is InChI=1S/C27H33N7O5/c1-2-37-21-6-3-12-29-25(21)39-20-5-4-14-34(17-20)23-16-28-15-22(31-23)32-27-30-13-11-24(33-27)38-19-9-7-18(8-10-19)26(35)36/h3,6,11-13,15-16,18-20H,2,4-5,7-10,14,17H2,1H3,(H,35,36)(H,30,31,32,33). The lowest BCUT2D eigenvalue weighted by molar-refractivity contribution is -0.143. The molecule has 1 saturated carbocycles. The molecular formula is C27H33N7O5. The zero-order chi connectivity index (χ0) is 27.0. The summed E-state index contributed by atoms with van der Waals surface area (Å²) in [6.45, 7) is 3.95. The number of pyridine rings is 1. The largest absolute Gasteiger partial charge is 0.488 e. The predicted octanol–water partition coefficient (Wildman–Crippen LogP) is 3.87. The van der Waals surface area contributed by atoms with Gasteiger partial charge in [-0.25, -0.2) is 15.0 Å². The first-order chi connectivity index (χ1) is 19.1. The minimum absolute atomic E-state index is 0.0589. The molecule has 0 amide bonds. The van der Waals surface area contributed by atoms with Gasteiger partial charge in [-0.3, -0.25) is 9.78 Å². The lowest BCUT2D eigenvalue weighted by Gasteiger charge is -2.33. The number of piperidine rings is 1. The second-order valence-corrected chi connectivity index (χ2v) is 9.60. The summed E-state index contributed by atoms with van der Waals surface area (Å²) >= 11 is 0. The average molecular weight is 536 g/mol. The third kappa shape index (κ3) is 7.01. The third-order valence-electron chi connectivity index (χ3n) is 6.82. The number of carboxylic acids is 1. The van der Waals surface area contributed by atoms with Gasteiger partial charge < -0.3 is 29.5 Å². The number of nitrogens with one attached hydrogen (secondary N) is 1. The van der Waals surface area contributed by atoms with Crippen LogP contribution in [-0.4, -0.2) is 67.9 Å². The number of carbonyl (C=O) groups is 1. The molecule has 4 heterocycles. The van der Waals surface area contributed by atoms with E-state index in [1.807, 2.05) is 19.1 Å². The van der Waals surface area contributed by atoms with E-state index < -0.39 is 5.97 Å². The van der Waals surface area contributed by atoms with Gasteiger partial charge in [0.2, 0.25) is 11.8 Å². The van der Waals surface area contributed by atoms with Gasteiger partial charge in [-0.15, -0.1) is 0 Å². The molecule has 5 rings (SSSR count). The van der Waals surface area contributed by atoms with E-state index in [1.165, 1.54) is 0 Å². The summed E-state index contributed by atoms with van der Waals surface area (Å²) < 4.78 is 17.9. The van der Waals surface area contributed by atoms with Gasteiger partial charge in [-0.1, -0.05) is 0 Å². The summed E-state index contributed by atoms with van der Waals surface area (Å²) in [5, 5.41) is 12.3. The van der Waals surface area contributed by atoms with Crippen molar-refractivity contribution in [2.75, 3.05) is 29.9 Å². The molecule has 3 aromatic heterocycles. The van der Waals surface area contributed by atoms with Crippen molar-refractivity contribution < 1.29 is 24.1 Å². The molecule has 1 saturated heterocycles. The van der Waals surface area contributed by atoms with E-state index in [9.17, 15) is 9.90 Å². The number of hydrogen-bond donors (Lipinski definition) is 2. The summed E-state index contributed by atoms with van der Waals surface area (Å²) in [4.78, 5) is 35.5. The SMILES string of the molecule is CCOc1cccnc1OC1CCCN(c2cncc(Nc3nccc(OC4CCC(C(=O)O)CC4)n3)n2)C1. The highest BCUT2D eigenvalue weighted by Gasteiger charge is 2.27. The fourth-order valence-corrected chi connectivity index (χ4v) is 4.88. The number of aromatic nitrogens is 5. The maximum atomic E-state index is 11.2. The Morgan fingerprint density at radius 2 is 1.92 bits per heavy atom. The van der Waals surface area contributed by atoms with Gasteiger partial charge in [-0.05, 0) is 57.6 Å². The predicted molar refractivity (Wildman–Crippen MR) is 143 cm³/mol. The van der Waals surface area contributed by atoms with Crippen LogP contribution >= 0.6 is 0 Å². The Balaban J connectivity index is 1.19. The van der Waals surface area contributed by atoms with Gasteiger partial charge >= 0.3 is 5.97 Å². The molecular weight excluding hydrogens is 502 g/mol. The first-order valence-corrected chi connectivity index (χ1v) is 13.4. The van der Waals surface area contributed by atoms with Crippen LogP contribution in [0.4, 0.5) is 17.6 Å². The molecule has 12 heteroatoms. The molecule has 206 valence electrons. The Bertz CT molecular complexity index is 1250. The van der Waals surface area contributed by atoms with Gasteiger partial charge in [0, 0.05) is 25.0 Å². The molecule has 0 spiro atoms. The lowest BCUT2D eigenvalue weighted by atomic mass is 9.87. The van der Waals surface area contributed by atoms with Crippen molar-refractivity contribution >= 4 is 23.6 Å². The summed E-state index contributed by atoms with van der Waals surface area (Å²) in [6.07, 6.45) is 11.0. The van der Waals surface area contributed by atoms with Crippen LogP contribution in [0.3, 0.4) is 0 Å². The highest BCUT2D eigenvalue weighted by atomic mass is 16.5. The Morgan fingerprint density at radius 1 is 1.05 bits per heavy atom. The van der Waals surface area contributed by atoms with Gasteiger partial charge in [-0.2, -0.15) is 4.98 Å². The second kappa shape index (κ2) is 12.5. The summed E-state index contributed by atoms with van der Waals surface area (Å²) in [5.74, 6) is 2.14. The van der Waals surface area contributed by atoms with Crippen molar-refractivity contribution in [3.63, 3.8) is 0 Å². The summed E-state index contributed by atoms with van der Waals surface area (Å²) in [6, 6.07) is 5.39. The number of carboxylic acid groups (broad SMARTS) is 1. The van der Waals surface area contributed by atoms with Crippen LogP contribution in [0.2, 0.25) is 0 Å². The molecule has 2 N–H and O–H groups in total. The molecule has 39 heavy (non-hydrogen) atoms. The van der Waals surface area contributed by atoms with Crippen molar-refractivity contribution in [3.05, 3.63) is 43.0 Å². The average Bonchev–Trinajstić information content (AvgIpc) is 2.95. The molecule has 1 aliphatic heterocycles. The van der Waals surface area contributed by atoms with E-state index in [1.54, 1.807) is 30.9 Å². The topological polar surface area (TPSA) is 145 Å². The minimum atomic E-state index is -0.734. The zero-order valence-corrected chi connectivity index (χ0v) is 21.9. The Kier molecular flexibility index (Phi) is 8.49. The van der Waals surface area contributed by atoms with E-state index in [2.05, 4.69) is 30.2 Å². The molecule has 1 atom stereocenters. The van der Waals surface area contributed by atoms with Crippen molar-refractivity contribution in [1.29, 1.82) is 0 Å². The fourth-order valence-electron chi connectivity index (χ4n) is 4.88. The lowest BCUT2D eigenvalue weighted by Crippen LogP contribution is -2.41. The number of anilines is 3.